The number of nitrogens with zero attached hydrogens (tertiary/aromatic N) is 1. The molecule has 1 N–H and O–H groups in total. The van der Waals surface area contributed by atoms with Gasteiger partial charge in [-0.2, -0.15) is 0 Å². The Morgan fingerprint density at radius 1 is 1.27 bits per heavy atom. The highest BCUT2D eigenvalue weighted by Gasteiger charge is 2.26. The average Bonchev–Trinajstić information content (AvgIpc) is 2.95. The summed E-state index contributed by atoms with van der Waals surface area (Å²) in [4.78, 5) is 2.61. The fourth-order valence-electron chi connectivity index (χ4n) is 2.88. The number of aryl methyl sites for hydroxylation is 1. The van der Waals surface area contributed by atoms with Gasteiger partial charge in [-0.05, 0) is 56.5 Å². The van der Waals surface area contributed by atoms with Crippen molar-refractivity contribution in [3.05, 3.63) is 28.8 Å². The fraction of sp³-hybridized carbons (Fsp3) is 0.625. The second-order valence-electron chi connectivity index (χ2n) is 6.32. The minimum absolute atomic E-state index is 0.229. The predicted octanol–water partition coefficient (Wildman–Crippen LogP) is 3.05. The zero-order chi connectivity index (χ0) is 16.3. The first-order chi connectivity index (χ1) is 10.3. The Balaban J connectivity index is 2.08. The van der Waals surface area contributed by atoms with Gasteiger partial charge in [0.05, 0.1) is 4.90 Å². The SMILES string of the molecule is Cc1ccc(S(=O)(=O)NCC(C(C)C)N2CCCC2)cc1Cl. The van der Waals surface area contributed by atoms with Crippen LogP contribution in [0.1, 0.15) is 32.3 Å². The first kappa shape index (κ1) is 17.7. The zero-order valence-corrected chi connectivity index (χ0v) is 15.0. The number of rotatable bonds is 6. The van der Waals surface area contributed by atoms with Gasteiger partial charge in [-0.25, -0.2) is 13.1 Å². The van der Waals surface area contributed by atoms with E-state index < -0.39 is 10.0 Å². The zero-order valence-electron chi connectivity index (χ0n) is 13.5. The van der Waals surface area contributed by atoms with Gasteiger partial charge in [-0.1, -0.05) is 31.5 Å². The normalized spacial score (nSPS) is 18.0. The van der Waals surface area contributed by atoms with Crippen LogP contribution >= 0.6 is 11.6 Å². The lowest BCUT2D eigenvalue weighted by atomic mass is 10.0. The lowest BCUT2D eigenvalue weighted by molar-refractivity contribution is 0.193. The van der Waals surface area contributed by atoms with E-state index in [1.54, 1.807) is 12.1 Å². The van der Waals surface area contributed by atoms with Crippen molar-refractivity contribution < 1.29 is 8.42 Å². The minimum Gasteiger partial charge on any atom is -0.299 e. The minimum atomic E-state index is -3.52. The Labute approximate surface area is 138 Å². The van der Waals surface area contributed by atoms with Gasteiger partial charge in [0, 0.05) is 17.6 Å². The largest absolute Gasteiger partial charge is 0.299 e. The summed E-state index contributed by atoms with van der Waals surface area (Å²) in [6, 6.07) is 5.08. The molecule has 1 aliphatic rings. The van der Waals surface area contributed by atoms with Crippen LogP contribution in [-0.2, 0) is 10.0 Å². The molecule has 1 saturated heterocycles. The van der Waals surface area contributed by atoms with Gasteiger partial charge in [0.1, 0.15) is 0 Å². The van der Waals surface area contributed by atoms with Crippen molar-refractivity contribution in [3.8, 4) is 0 Å². The van der Waals surface area contributed by atoms with Gasteiger partial charge in [-0.15, -0.1) is 0 Å². The molecule has 1 fully saturated rings. The first-order valence-corrected chi connectivity index (χ1v) is 9.67. The van der Waals surface area contributed by atoms with E-state index in [4.69, 9.17) is 11.6 Å². The summed E-state index contributed by atoms with van der Waals surface area (Å²) < 4.78 is 27.7. The molecule has 0 spiro atoms. The Hall–Kier alpha value is -0.620. The van der Waals surface area contributed by atoms with Crippen molar-refractivity contribution >= 4 is 21.6 Å². The lowest BCUT2D eigenvalue weighted by Gasteiger charge is -2.30. The number of nitrogens with one attached hydrogen (secondary N) is 1. The van der Waals surface area contributed by atoms with Gasteiger partial charge >= 0.3 is 0 Å². The van der Waals surface area contributed by atoms with Crippen molar-refractivity contribution in [1.29, 1.82) is 0 Å². The molecule has 124 valence electrons. The Morgan fingerprint density at radius 3 is 2.45 bits per heavy atom. The van der Waals surface area contributed by atoms with Crippen LogP contribution in [-0.4, -0.2) is 39.0 Å². The molecule has 1 aromatic carbocycles. The topological polar surface area (TPSA) is 49.4 Å². The van der Waals surface area contributed by atoms with Crippen LogP contribution in [0.25, 0.3) is 0 Å². The molecule has 0 amide bonds. The Morgan fingerprint density at radius 2 is 1.91 bits per heavy atom. The van der Waals surface area contributed by atoms with Gasteiger partial charge in [-0.3, -0.25) is 4.90 Å². The second-order valence-corrected chi connectivity index (χ2v) is 8.49. The summed E-state index contributed by atoms with van der Waals surface area (Å²) in [6.45, 7) is 8.68. The third-order valence-electron chi connectivity index (χ3n) is 4.32. The quantitative estimate of drug-likeness (QED) is 0.862. The van der Waals surface area contributed by atoms with Crippen molar-refractivity contribution in [2.75, 3.05) is 19.6 Å². The molecule has 1 aromatic rings. The monoisotopic (exact) mass is 344 g/mol. The van der Waals surface area contributed by atoms with Crippen molar-refractivity contribution in [2.24, 2.45) is 5.92 Å². The van der Waals surface area contributed by atoms with E-state index in [2.05, 4.69) is 23.5 Å². The number of sulfonamides is 1. The van der Waals surface area contributed by atoms with Gasteiger partial charge < -0.3 is 0 Å². The van der Waals surface area contributed by atoms with E-state index in [9.17, 15) is 8.42 Å². The maximum Gasteiger partial charge on any atom is 0.240 e. The molecule has 0 aliphatic carbocycles. The molecule has 1 aliphatic heterocycles. The standard InChI is InChI=1S/C16H25ClN2O2S/c1-12(2)16(19-8-4-5-9-19)11-18-22(20,21)14-7-6-13(3)15(17)10-14/h6-7,10,12,16,18H,4-5,8-9,11H2,1-3H3. The summed E-state index contributed by atoms with van der Waals surface area (Å²) in [7, 11) is -3.52. The summed E-state index contributed by atoms with van der Waals surface area (Å²) in [5.74, 6) is 0.405. The molecule has 0 radical (unpaired) electrons. The summed E-state index contributed by atoms with van der Waals surface area (Å²) >= 11 is 6.04. The maximum absolute atomic E-state index is 12.4. The summed E-state index contributed by atoms with van der Waals surface area (Å²) in [5, 5.41) is 0.475. The third kappa shape index (κ3) is 4.22. The Kier molecular flexibility index (Phi) is 5.88. The van der Waals surface area contributed by atoms with Crippen LogP contribution in [0.3, 0.4) is 0 Å². The van der Waals surface area contributed by atoms with E-state index in [0.717, 1.165) is 18.7 Å². The van der Waals surface area contributed by atoms with Gasteiger partial charge in [0.25, 0.3) is 0 Å². The maximum atomic E-state index is 12.4. The van der Waals surface area contributed by atoms with Crippen molar-refractivity contribution in [3.63, 3.8) is 0 Å². The van der Waals surface area contributed by atoms with Crippen molar-refractivity contribution in [1.82, 2.24) is 9.62 Å². The van der Waals surface area contributed by atoms with Crippen molar-refractivity contribution in [2.45, 2.75) is 44.6 Å². The number of hydrogen-bond donors (Lipinski definition) is 1. The van der Waals surface area contributed by atoms with E-state index in [1.165, 1.54) is 18.9 Å². The molecule has 1 atom stereocenters. The first-order valence-electron chi connectivity index (χ1n) is 7.81. The molecule has 0 aromatic heterocycles. The van der Waals surface area contributed by atoms with Crippen LogP contribution in [0, 0.1) is 12.8 Å². The summed E-state index contributed by atoms with van der Waals surface area (Å²) in [6.07, 6.45) is 2.40. The molecule has 1 unspecified atom stereocenters. The second kappa shape index (κ2) is 7.30. The lowest BCUT2D eigenvalue weighted by Crippen LogP contribution is -2.45. The molecule has 1 heterocycles. The highest BCUT2D eigenvalue weighted by molar-refractivity contribution is 7.89. The molecule has 6 heteroatoms. The molecule has 2 rings (SSSR count). The fourth-order valence-corrected chi connectivity index (χ4v) is 4.20. The number of likely N-dealkylation sites (tertiary alicyclic amines) is 1. The van der Waals surface area contributed by atoms with E-state index >= 15 is 0 Å². The van der Waals surface area contributed by atoms with E-state index in [-0.39, 0.29) is 10.9 Å². The molecule has 4 nitrogen and oxygen atoms in total. The molecule has 22 heavy (non-hydrogen) atoms. The van der Waals surface area contributed by atoms with Gasteiger partial charge in [0.15, 0.2) is 0 Å². The number of benzene rings is 1. The van der Waals surface area contributed by atoms with Crippen LogP contribution in [0.2, 0.25) is 5.02 Å². The molecular weight excluding hydrogens is 320 g/mol. The predicted molar refractivity (Wildman–Crippen MR) is 90.8 cm³/mol. The van der Waals surface area contributed by atoms with E-state index in [0.29, 0.717) is 17.5 Å². The van der Waals surface area contributed by atoms with Crippen LogP contribution in [0.5, 0.6) is 0 Å². The third-order valence-corrected chi connectivity index (χ3v) is 6.14. The van der Waals surface area contributed by atoms with Crippen LogP contribution in [0.15, 0.2) is 23.1 Å². The molecule has 0 saturated carbocycles. The van der Waals surface area contributed by atoms with Crippen LogP contribution < -0.4 is 4.72 Å². The summed E-state index contributed by atoms with van der Waals surface area (Å²) in [5.41, 5.74) is 0.873. The Bertz CT molecular complexity index is 611. The average molecular weight is 345 g/mol. The number of halogens is 1. The number of hydrogen-bond acceptors (Lipinski definition) is 3. The smallest absolute Gasteiger partial charge is 0.240 e. The molecule has 0 bridgehead atoms. The van der Waals surface area contributed by atoms with Crippen LogP contribution in [0.4, 0.5) is 0 Å². The highest BCUT2D eigenvalue weighted by Crippen LogP contribution is 2.21. The molecular formula is C16H25ClN2O2S. The van der Waals surface area contributed by atoms with E-state index in [1.807, 2.05) is 6.92 Å². The highest BCUT2D eigenvalue weighted by atomic mass is 35.5. The van der Waals surface area contributed by atoms with Gasteiger partial charge in [0.2, 0.25) is 10.0 Å².